The number of benzene rings is 1. The normalized spacial score (nSPS) is 10.3. The van der Waals surface area contributed by atoms with Gasteiger partial charge < -0.3 is 14.6 Å². The van der Waals surface area contributed by atoms with E-state index in [0.29, 0.717) is 12.1 Å². The summed E-state index contributed by atoms with van der Waals surface area (Å²) in [5.74, 6) is 1.53. The van der Waals surface area contributed by atoms with Crippen LogP contribution in [0, 0.1) is 6.92 Å². The topological polar surface area (TPSA) is 62.6 Å². The van der Waals surface area contributed by atoms with Crippen LogP contribution in [0.3, 0.4) is 0 Å². The molecule has 1 N–H and O–H groups in total. The molecule has 2 aromatic rings. The van der Waals surface area contributed by atoms with E-state index in [9.17, 15) is 9.59 Å². The Hall–Kier alpha value is -2.56. The first-order valence-electron chi connectivity index (χ1n) is 7.10. The summed E-state index contributed by atoms with van der Waals surface area (Å²) in [6.45, 7) is 3.98. The van der Waals surface area contributed by atoms with Crippen LogP contribution in [0.1, 0.15) is 28.8 Å². The van der Waals surface area contributed by atoms with Crippen molar-refractivity contribution in [3.63, 3.8) is 0 Å². The minimum Gasteiger partial charge on any atom is -0.464 e. The second-order valence-corrected chi connectivity index (χ2v) is 5.25. The number of amides is 1. The van der Waals surface area contributed by atoms with Gasteiger partial charge in [0, 0.05) is 18.3 Å². The fraction of sp³-hybridized carbons (Fsp3) is 0.294. The van der Waals surface area contributed by atoms with Crippen LogP contribution < -0.4 is 5.32 Å². The molecule has 0 aliphatic carbocycles. The monoisotopic (exact) mass is 300 g/mol. The van der Waals surface area contributed by atoms with E-state index in [2.05, 4.69) is 5.32 Å². The van der Waals surface area contributed by atoms with Gasteiger partial charge in [-0.05, 0) is 38.1 Å². The SMILES string of the molecule is CC(=O)c1cccc(NCC(=O)N(C)Cc2ccc(C)o2)c1. The van der Waals surface area contributed by atoms with Crippen molar-refractivity contribution in [3.05, 3.63) is 53.5 Å². The van der Waals surface area contributed by atoms with Gasteiger partial charge in [0.1, 0.15) is 11.5 Å². The van der Waals surface area contributed by atoms with E-state index in [4.69, 9.17) is 4.42 Å². The highest BCUT2D eigenvalue weighted by molar-refractivity contribution is 5.95. The highest BCUT2D eigenvalue weighted by atomic mass is 16.3. The summed E-state index contributed by atoms with van der Waals surface area (Å²) in [6, 6.07) is 10.8. The van der Waals surface area contributed by atoms with E-state index in [-0.39, 0.29) is 18.2 Å². The van der Waals surface area contributed by atoms with Crippen LogP contribution in [0.5, 0.6) is 0 Å². The Bertz CT molecular complexity index is 676. The Kier molecular flexibility index (Phi) is 4.99. The molecule has 0 unspecified atom stereocenters. The number of furan rings is 1. The van der Waals surface area contributed by atoms with E-state index in [1.54, 1.807) is 30.1 Å². The van der Waals surface area contributed by atoms with Crippen LogP contribution in [0.25, 0.3) is 0 Å². The smallest absolute Gasteiger partial charge is 0.242 e. The number of nitrogens with one attached hydrogen (secondary N) is 1. The number of carbonyl (C=O) groups is 2. The number of hydrogen-bond acceptors (Lipinski definition) is 4. The number of anilines is 1. The summed E-state index contributed by atoms with van der Waals surface area (Å²) in [4.78, 5) is 25.0. The molecule has 0 saturated heterocycles. The van der Waals surface area contributed by atoms with Crippen LogP contribution in [-0.4, -0.2) is 30.2 Å². The summed E-state index contributed by atoms with van der Waals surface area (Å²) in [5, 5.41) is 3.04. The predicted molar refractivity (Wildman–Crippen MR) is 84.9 cm³/mol. The first-order valence-corrected chi connectivity index (χ1v) is 7.10. The van der Waals surface area contributed by atoms with E-state index in [1.807, 2.05) is 25.1 Å². The van der Waals surface area contributed by atoms with Crippen molar-refractivity contribution >= 4 is 17.4 Å². The van der Waals surface area contributed by atoms with Gasteiger partial charge in [0.05, 0.1) is 13.1 Å². The molecule has 116 valence electrons. The quantitative estimate of drug-likeness (QED) is 0.833. The molecule has 0 aliphatic heterocycles. The molecular weight excluding hydrogens is 280 g/mol. The van der Waals surface area contributed by atoms with Crippen LogP contribution in [0.4, 0.5) is 5.69 Å². The lowest BCUT2D eigenvalue weighted by molar-refractivity contribution is -0.128. The van der Waals surface area contributed by atoms with Gasteiger partial charge in [-0.1, -0.05) is 12.1 Å². The zero-order valence-corrected chi connectivity index (χ0v) is 13.1. The molecule has 5 heteroatoms. The molecule has 1 heterocycles. The molecular formula is C17H20N2O3. The standard InChI is InChI=1S/C17H20N2O3/c1-12-7-8-16(22-12)11-19(3)17(21)10-18-15-6-4-5-14(9-15)13(2)20/h4-9,18H,10-11H2,1-3H3. The van der Waals surface area contributed by atoms with Gasteiger partial charge in [-0.15, -0.1) is 0 Å². The molecule has 1 amide bonds. The number of rotatable bonds is 6. The van der Waals surface area contributed by atoms with Crippen molar-refractivity contribution in [1.29, 1.82) is 0 Å². The third-order valence-corrected chi connectivity index (χ3v) is 3.33. The Morgan fingerprint density at radius 3 is 2.64 bits per heavy atom. The Morgan fingerprint density at radius 2 is 2.00 bits per heavy atom. The number of hydrogen-bond donors (Lipinski definition) is 1. The lowest BCUT2D eigenvalue weighted by Crippen LogP contribution is -2.31. The Labute approximate surface area is 129 Å². The Morgan fingerprint density at radius 1 is 1.23 bits per heavy atom. The molecule has 0 aliphatic rings. The molecule has 1 aromatic heterocycles. The summed E-state index contributed by atoms with van der Waals surface area (Å²) in [7, 11) is 1.73. The summed E-state index contributed by atoms with van der Waals surface area (Å²) in [6.07, 6.45) is 0. The molecule has 0 spiro atoms. The van der Waals surface area contributed by atoms with Crippen LogP contribution in [-0.2, 0) is 11.3 Å². The van der Waals surface area contributed by atoms with E-state index < -0.39 is 0 Å². The first kappa shape index (κ1) is 15.8. The van der Waals surface area contributed by atoms with Gasteiger partial charge in [-0.2, -0.15) is 0 Å². The van der Waals surface area contributed by atoms with Gasteiger partial charge in [0.15, 0.2) is 5.78 Å². The fourth-order valence-electron chi connectivity index (χ4n) is 2.05. The average Bonchev–Trinajstić information content (AvgIpc) is 2.90. The van der Waals surface area contributed by atoms with Crippen molar-refractivity contribution in [3.8, 4) is 0 Å². The van der Waals surface area contributed by atoms with Gasteiger partial charge in [0.2, 0.25) is 5.91 Å². The maximum atomic E-state index is 12.1. The predicted octanol–water partition coefficient (Wildman–Crippen LogP) is 2.86. The number of ketones is 1. The summed E-state index contributed by atoms with van der Waals surface area (Å²) < 4.78 is 5.46. The molecule has 0 fully saturated rings. The Balaban J connectivity index is 1.89. The maximum Gasteiger partial charge on any atom is 0.242 e. The minimum atomic E-state index is -0.0534. The fourth-order valence-corrected chi connectivity index (χ4v) is 2.05. The summed E-state index contributed by atoms with van der Waals surface area (Å²) in [5.41, 5.74) is 1.38. The third kappa shape index (κ3) is 4.22. The lowest BCUT2D eigenvalue weighted by atomic mass is 10.1. The lowest BCUT2D eigenvalue weighted by Gasteiger charge is -2.16. The number of Topliss-reactive ketones (excluding diaryl/α,β-unsaturated/α-hetero) is 1. The van der Waals surface area contributed by atoms with Crippen molar-refractivity contribution in [1.82, 2.24) is 4.90 Å². The first-order chi connectivity index (χ1) is 10.5. The molecule has 0 atom stereocenters. The van der Waals surface area contributed by atoms with Crippen molar-refractivity contribution < 1.29 is 14.0 Å². The molecule has 5 nitrogen and oxygen atoms in total. The van der Waals surface area contributed by atoms with Crippen LogP contribution >= 0.6 is 0 Å². The number of nitrogens with zero attached hydrogens (tertiary/aromatic N) is 1. The van der Waals surface area contributed by atoms with E-state index in [0.717, 1.165) is 17.2 Å². The van der Waals surface area contributed by atoms with E-state index in [1.165, 1.54) is 6.92 Å². The molecule has 0 radical (unpaired) electrons. The van der Waals surface area contributed by atoms with Gasteiger partial charge in [-0.25, -0.2) is 0 Å². The average molecular weight is 300 g/mol. The largest absolute Gasteiger partial charge is 0.464 e. The number of likely N-dealkylation sites (N-methyl/N-ethyl adjacent to an activating group) is 1. The second-order valence-electron chi connectivity index (χ2n) is 5.25. The van der Waals surface area contributed by atoms with Crippen LogP contribution in [0.15, 0.2) is 40.8 Å². The zero-order valence-electron chi connectivity index (χ0n) is 13.1. The minimum absolute atomic E-state index is 0.000263. The molecule has 2 rings (SSSR count). The van der Waals surface area contributed by atoms with Gasteiger partial charge >= 0.3 is 0 Å². The molecule has 22 heavy (non-hydrogen) atoms. The molecule has 1 aromatic carbocycles. The molecule has 0 bridgehead atoms. The highest BCUT2D eigenvalue weighted by Gasteiger charge is 2.11. The molecule has 0 saturated carbocycles. The van der Waals surface area contributed by atoms with Gasteiger partial charge in [-0.3, -0.25) is 9.59 Å². The van der Waals surface area contributed by atoms with Crippen molar-refractivity contribution in [2.24, 2.45) is 0 Å². The summed E-state index contributed by atoms with van der Waals surface area (Å²) >= 11 is 0. The number of aryl methyl sites for hydroxylation is 1. The highest BCUT2D eigenvalue weighted by Crippen LogP contribution is 2.12. The number of carbonyl (C=O) groups excluding carboxylic acids is 2. The van der Waals surface area contributed by atoms with Crippen molar-refractivity contribution in [2.45, 2.75) is 20.4 Å². The van der Waals surface area contributed by atoms with Crippen molar-refractivity contribution in [2.75, 3.05) is 18.9 Å². The maximum absolute atomic E-state index is 12.1. The van der Waals surface area contributed by atoms with Gasteiger partial charge in [0.25, 0.3) is 0 Å². The van der Waals surface area contributed by atoms with E-state index >= 15 is 0 Å². The second kappa shape index (κ2) is 6.93. The van der Waals surface area contributed by atoms with Crippen LogP contribution in [0.2, 0.25) is 0 Å². The zero-order chi connectivity index (χ0) is 16.1. The third-order valence-electron chi connectivity index (χ3n) is 3.33.